The summed E-state index contributed by atoms with van der Waals surface area (Å²) >= 11 is 1.42. The fourth-order valence-corrected chi connectivity index (χ4v) is 2.32. The number of aromatic nitrogens is 3. The van der Waals surface area contributed by atoms with Crippen LogP contribution in [0.25, 0.3) is 0 Å². The molecular formula is C10H10N4O2S. The second kappa shape index (κ2) is 3.92. The number of aryl methyl sites for hydroxylation is 1. The summed E-state index contributed by atoms with van der Waals surface area (Å²) in [6, 6.07) is 1.58. The van der Waals surface area contributed by atoms with E-state index in [4.69, 9.17) is 4.52 Å². The first-order valence-corrected chi connectivity index (χ1v) is 6.12. The van der Waals surface area contributed by atoms with E-state index in [1.54, 1.807) is 13.0 Å². The lowest BCUT2D eigenvalue weighted by Gasteiger charge is -1.94. The van der Waals surface area contributed by atoms with Crippen LogP contribution < -0.4 is 5.32 Å². The van der Waals surface area contributed by atoms with Crippen molar-refractivity contribution in [1.82, 2.24) is 15.4 Å². The summed E-state index contributed by atoms with van der Waals surface area (Å²) in [7, 11) is 0. The topological polar surface area (TPSA) is 80.9 Å². The molecule has 6 nitrogen and oxygen atoms in total. The maximum atomic E-state index is 11.7. The Labute approximate surface area is 101 Å². The third-order valence-corrected chi connectivity index (χ3v) is 3.44. The highest BCUT2D eigenvalue weighted by molar-refractivity contribution is 7.15. The van der Waals surface area contributed by atoms with Crippen LogP contribution >= 0.6 is 11.3 Å². The molecule has 17 heavy (non-hydrogen) atoms. The molecule has 0 bridgehead atoms. The molecule has 0 aliphatic heterocycles. The van der Waals surface area contributed by atoms with Crippen molar-refractivity contribution in [3.8, 4) is 0 Å². The second-order valence-electron chi connectivity index (χ2n) is 4.01. The molecule has 2 aromatic heterocycles. The maximum Gasteiger partial charge on any atom is 0.296 e. The molecule has 0 aromatic carbocycles. The lowest BCUT2D eigenvalue weighted by molar-refractivity contribution is 0.0988. The van der Waals surface area contributed by atoms with Crippen LogP contribution in [-0.4, -0.2) is 21.3 Å². The van der Waals surface area contributed by atoms with Crippen molar-refractivity contribution >= 4 is 22.4 Å². The lowest BCUT2D eigenvalue weighted by atomic mass is 10.4. The number of nitrogens with zero attached hydrogens (tertiary/aromatic N) is 3. The van der Waals surface area contributed by atoms with E-state index in [0.29, 0.717) is 16.7 Å². The van der Waals surface area contributed by atoms with Crippen LogP contribution in [0.4, 0.5) is 5.13 Å². The van der Waals surface area contributed by atoms with Gasteiger partial charge in [0.1, 0.15) is 5.01 Å². The Morgan fingerprint density at radius 1 is 1.53 bits per heavy atom. The molecule has 3 rings (SSSR count). The van der Waals surface area contributed by atoms with Gasteiger partial charge in [-0.2, -0.15) is 0 Å². The Morgan fingerprint density at radius 3 is 3.00 bits per heavy atom. The summed E-state index contributed by atoms with van der Waals surface area (Å²) in [5, 5.41) is 15.8. The van der Waals surface area contributed by atoms with Gasteiger partial charge in [0.2, 0.25) is 10.9 Å². The Bertz CT molecular complexity index is 558. The molecule has 1 amide bonds. The Balaban J connectivity index is 1.71. The van der Waals surface area contributed by atoms with Gasteiger partial charge in [0.15, 0.2) is 0 Å². The SMILES string of the molecule is Cc1cc(C(=O)Nc2nnc(C3CC3)s2)on1. The number of carbonyl (C=O) groups is 1. The van der Waals surface area contributed by atoms with Gasteiger partial charge in [0, 0.05) is 12.0 Å². The average Bonchev–Trinajstić information content (AvgIpc) is 2.90. The lowest BCUT2D eigenvalue weighted by Crippen LogP contribution is -2.10. The van der Waals surface area contributed by atoms with Crippen molar-refractivity contribution in [3.63, 3.8) is 0 Å². The normalized spacial score (nSPS) is 14.9. The Morgan fingerprint density at radius 2 is 2.35 bits per heavy atom. The van der Waals surface area contributed by atoms with E-state index in [1.807, 2.05) is 0 Å². The minimum absolute atomic E-state index is 0.186. The highest BCUT2D eigenvalue weighted by Gasteiger charge is 2.28. The number of hydrogen-bond donors (Lipinski definition) is 1. The third kappa shape index (κ3) is 2.19. The zero-order valence-electron chi connectivity index (χ0n) is 9.14. The first-order chi connectivity index (χ1) is 8.22. The summed E-state index contributed by atoms with van der Waals surface area (Å²) in [6.07, 6.45) is 2.34. The molecule has 0 unspecified atom stereocenters. The van der Waals surface area contributed by atoms with E-state index in [9.17, 15) is 4.79 Å². The van der Waals surface area contributed by atoms with Gasteiger partial charge in [-0.1, -0.05) is 16.5 Å². The van der Waals surface area contributed by atoms with Crippen molar-refractivity contribution in [1.29, 1.82) is 0 Å². The third-order valence-electron chi connectivity index (χ3n) is 2.44. The molecule has 0 atom stereocenters. The van der Waals surface area contributed by atoms with Gasteiger partial charge in [-0.15, -0.1) is 10.2 Å². The first kappa shape index (κ1) is 10.4. The van der Waals surface area contributed by atoms with Gasteiger partial charge in [-0.05, 0) is 19.8 Å². The zero-order chi connectivity index (χ0) is 11.8. The van der Waals surface area contributed by atoms with E-state index in [2.05, 4.69) is 20.7 Å². The zero-order valence-corrected chi connectivity index (χ0v) is 9.95. The summed E-state index contributed by atoms with van der Waals surface area (Å²) in [4.78, 5) is 11.7. The molecule has 1 saturated carbocycles. The van der Waals surface area contributed by atoms with E-state index >= 15 is 0 Å². The van der Waals surface area contributed by atoms with Crippen LogP contribution in [0.5, 0.6) is 0 Å². The monoisotopic (exact) mass is 250 g/mol. The van der Waals surface area contributed by atoms with E-state index in [1.165, 1.54) is 24.2 Å². The van der Waals surface area contributed by atoms with Crippen LogP contribution in [-0.2, 0) is 0 Å². The van der Waals surface area contributed by atoms with Gasteiger partial charge in [-0.25, -0.2) is 0 Å². The molecule has 0 radical (unpaired) electrons. The van der Waals surface area contributed by atoms with Crippen LogP contribution in [0.3, 0.4) is 0 Å². The highest BCUT2D eigenvalue weighted by atomic mass is 32.1. The summed E-state index contributed by atoms with van der Waals surface area (Å²) < 4.78 is 4.86. The molecule has 1 aliphatic rings. The molecule has 2 heterocycles. The van der Waals surface area contributed by atoms with Gasteiger partial charge >= 0.3 is 0 Å². The molecule has 0 spiro atoms. The van der Waals surface area contributed by atoms with Gasteiger partial charge in [-0.3, -0.25) is 10.1 Å². The molecule has 1 aliphatic carbocycles. The van der Waals surface area contributed by atoms with Crippen LogP contribution in [0.2, 0.25) is 0 Å². The summed E-state index contributed by atoms with van der Waals surface area (Å²) in [6.45, 7) is 1.76. The largest absolute Gasteiger partial charge is 0.351 e. The predicted octanol–water partition coefficient (Wildman–Crippen LogP) is 1.96. The number of hydrogen-bond acceptors (Lipinski definition) is 6. The van der Waals surface area contributed by atoms with Crippen molar-refractivity contribution in [3.05, 3.63) is 22.5 Å². The van der Waals surface area contributed by atoms with E-state index in [0.717, 1.165) is 5.01 Å². The molecule has 0 saturated heterocycles. The molecule has 1 N–H and O–H groups in total. The minimum Gasteiger partial charge on any atom is -0.351 e. The Hall–Kier alpha value is -1.76. The quantitative estimate of drug-likeness (QED) is 0.900. The van der Waals surface area contributed by atoms with Crippen LogP contribution in [0, 0.1) is 6.92 Å². The summed E-state index contributed by atoms with van der Waals surface area (Å²) in [5.41, 5.74) is 0.672. The first-order valence-electron chi connectivity index (χ1n) is 5.30. The second-order valence-corrected chi connectivity index (χ2v) is 5.02. The van der Waals surface area contributed by atoms with Gasteiger partial charge < -0.3 is 4.52 Å². The average molecular weight is 250 g/mol. The van der Waals surface area contributed by atoms with Crippen molar-refractivity contribution < 1.29 is 9.32 Å². The number of rotatable bonds is 3. The fourth-order valence-electron chi connectivity index (χ4n) is 1.41. The molecular weight excluding hydrogens is 240 g/mol. The number of carbonyl (C=O) groups excluding carboxylic acids is 1. The smallest absolute Gasteiger partial charge is 0.296 e. The number of nitrogens with one attached hydrogen (secondary N) is 1. The standard InChI is InChI=1S/C10H10N4O2S/c1-5-4-7(16-14-5)8(15)11-10-13-12-9(17-10)6-2-3-6/h4,6H,2-3H2,1H3,(H,11,13,15). The van der Waals surface area contributed by atoms with Crippen molar-refractivity contribution in [2.75, 3.05) is 5.32 Å². The van der Waals surface area contributed by atoms with Crippen LogP contribution in [0.15, 0.2) is 10.6 Å². The molecule has 88 valence electrons. The highest BCUT2D eigenvalue weighted by Crippen LogP contribution is 2.42. The van der Waals surface area contributed by atoms with Gasteiger partial charge in [0.25, 0.3) is 5.91 Å². The fraction of sp³-hybridized carbons (Fsp3) is 0.400. The number of amides is 1. The maximum absolute atomic E-state index is 11.7. The number of anilines is 1. The van der Waals surface area contributed by atoms with E-state index in [-0.39, 0.29) is 11.7 Å². The van der Waals surface area contributed by atoms with Crippen molar-refractivity contribution in [2.45, 2.75) is 25.7 Å². The predicted molar refractivity (Wildman–Crippen MR) is 61.1 cm³/mol. The minimum atomic E-state index is -0.343. The van der Waals surface area contributed by atoms with Crippen LogP contribution in [0.1, 0.15) is 40.0 Å². The van der Waals surface area contributed by atoms with E-state index < -0.39 is 0 Å². The molecule has 2 aromatic rings. The van der Waals surface area contributed by atoms with Gasteiger partial charge in [0.05, 0.1) is 5.69 Å². The van der Waals surface area contributed by atoms with Crippen molar-refractivity contribution in [2.24, 2.45) is 0 Å². The summed E-state index contributed by atoms with van der Waals surface area (Å²) in [5.74, 6) is 0.389. The molecule has 7 heteroatoms. The molecule has 1 fully saturated rings. The Kier molecular flexibility index (Phi) is 2.40.